The number of halogens is 1. The lowest BCUT2D eigenvalue weighted by Gasteiger charge is -2.31. The van der Waals surface area contributed by atoms with E-state index in [4.69, 9.17) is 19.9 Å². The van der Waals surface area contributed by atoms with Crippen molar-refractivity contribution in [3.05, 3.63) is 84.1 Å². The Morgan fingerprint density at radius 2 is 1.73 bits per heavy atom. The Balaban J connectivity index is 1.42. The first-order valence-electron chi connectivity index (χ1n) is 13.6. The lowest BCUT2D eigenvalue weighted by atomic mass is 9.96. The van der Waals surface area contributed by atoms with Crippen molar-refractivity contribution in [2.75, 3.05) is 24.3 Å². The van der Waals surface area contributed by atoms with Gasteiger partial charge in [-0.1, -0.05) is 81.4 Å². The van der Waals surface area contributed by atoms with E-state index in [1.807, 2.05) is 60.7 Å². The van der Waals surface area contributed by atoms with Gasteiger partial charge in [-0.25, -0.2) is 4.39 Å². The van der Waals surface area contributed by atoms with Crippen molar-refractivity contribution < 1.29 is 23.4 Å². The van der Waals surface area contributed by atoms with Gasteiger partial charge >= 0.3 is 0 Å². The summed E-state index contributed by atoms with van der Waals surface area (Å²) in [5.41, 5.74) is 6.66. The normalized spacial score (nSPS) is 20.9. The maximum atomic E-state index is 15.0. The number of nitrogens with zero attached hydrogens (tertiary/aromatic N) is 3. The van der Waals surface area contributed by atoms with Crippen LogP contribution in [-0.2, 0) is 32.2 Å². The van der Waals surface area contributed by atoms with Crippen molar-refractivity contribution in [1.29, 1.82) is 0 Å². The third-order valence-electron chi connectivity index (χ3n) is 7.17. The minimum Gasteiger partial charge on any atom is -0.383 e. The summed E-state index contributed by atoms with van der Waals surface area (Å²) in [4.78, 5) is 21.4. The van der Waals surface area contributed by atoms with Gasteiger partial charge in [0.05, 0.1) is 31.3 Å². The van der Waals surface area contributed by atoms with Crippen LogP contribution in [0.3, 0.4) is 0 Å². The Labute approximate surface area is 238 Å². The maximum Gasteiger partial charge on any atom is 0.233 e. The predicted molar refractivity (Wildman–Crippen MR) is 155 cm³/mol. The van der Waals surface area contributed by atoms with Gasteiger partial charge < -0.3 is 24.5 Å². The van der Waals surface area contributed by atoms with E-state index >= 15 is 0 Å². The molecule has 0 bridgehead atoms. The molecule has 2 aromatic carbocycles. The molecule has 0 aliphatic carbocycles. The van der Waals surface area contributed by atoms with Gasteiger partial charge in [-0.15, -0.1) is 0 Å². The monoisotopic (exact) mass is 561 g/mol. The Morgan fingerprint density at radius 1 is 1.07 bits per heavy atom. The Hall–Kier alpha value is -3.86. The largest absolute Gasteiger partial charge is 0.383 e. The number of nitrogen functional groups attached to an aromatic ring is 1. The number of ether oxygens (including phenoxy) is 3. The zero-order chi connectivity index (χ0) is 29.0. The molecule has 3 atom stereocenters. The van der Waals surface area contributed by atoms with Crippen LogP contribution in [0.1, 0.15) is 44.5 Å². The lowest BCUT2D eigenvalue weighted by Crippen LogP contribution is -2.47. The molecule has 1 aliphatic heterocycles. The first-order chi connectivity index (χ1) is 19.7. The molecule has 0 unspecified atom stereocenters. The molecule has 10 heteroatoms. The average molecular weight is 562 g/mol. The summed E-state index contributed by atoms with van der Waals surface area (Å²) < 4.78 is 35.5. The van der Waals surface area contributed by atoms with Crippen LogP contribution in [0.25, 0.3) is 11.0 Å². The molecular weight excluding hydrogens is 525 g/mol. The van der Waals surface area contributed by atoms with E-state index in [2.05, 4.69) is 15.3 Å². The highest BCUT2D eigenvalue weighted by Crippen LogP contribution is 2.41. The number of hydrogen-bond donors (Lipinski definition) is 2. The van der Waals surface area contributed by atoms with Gasteiger partial charge in [0.2, 0.25) is 11.9 Å². The smallest absolute Gasteiger partial charge is 0.233 e. The molecule has 3 N–H and O–H groups in total. The third kappa shape index (κ3) is 6.40. The quantitative estimate of drug-likeness (QED) is 0.266. The van der Waals surface area contributed by atoms with Crippen molar-refractivity contribution in [3.63, 3.8) is 0 Å². The highest BCUT2D eigenvalue weighted by molar-refractivity contribution is 5.95. The summed E-state index contributed by atoms with van der Waals surface area (Å²) in [6.07, 6.45) is 0.904. The van der Waals surface area contributed by atoms with Crippen LogP contribution in [0.15, 0.2) is 72.9 Å². The highest BCUT2D eigenvalue weighted by atomic mass is 19.1. The molecule has 2 aromatic heterocycles. The first kappa shape index (κ1) is 28.7. The minimum atomic E-state index is -1.34. The number of benzene rings is 2. The number of hydrogen-bond acceptors (Lipinski definition) is 7. The van der Waals surface area contributed by atoms with Gasteiger partial charge in [-0.05, 0) is 17.2 Å². The molecule has 1 saturated heterocycles. The van der Waals surface area contributed by atoms with Gasteiger partial charge in [0.25, 0.3) is 0 Å². The number of amides is 1. The number of anilines is 2. The predicted octanol–water partition coefficient (Wildman–Crippen LogP) is 5.43. The maximum absolute atomic E-state index is 15.0. The lowest BCUT2D eigenvalue weighted by molar-refractivity contribution is -0.163. The second kappa shape index (κ2) is 11.9. The van der Waals surface area contributed by atoms with Crippen molar-refractivity contribution in [2.45, 2.75) is 58.3 Å². The summed E-state index contributed by atoms with van der Waals surface area (Å²) in [6, 6.07) is 21.2. The van der Waals surface area contributed by atoms with Crippen LogP contribution in [-0.4, -0.2) is 45.4 Å². The van der Waals surface area contributed by atoms with E-state index in [1.165, 1.54) is 0 Å². The summed E-state index contributed by atoms with van der Waals surface area (Å²) in [5, 5.41) is 3.34. The Bertz CT molecular complexity index is 1470. The number of carbonyl (C=O) groups is 1. The van der Waals surface area contributed by atoms with Crippen LogP contribution in [0.5, 0.6) is 0 Å². The topological polar surface area (TPSA) is 114 Å². The minimum absolute atomic E-state index is 0.00242. The highest BCUT2D eigenvalue weighted by Gasteiger charge is 2.51. The first-order valence-corrected chi connectivity index (χ1v) is 13.6. The number of nitrogens with one attached hydrogen (secondary N) is 1. The van der Waals surface area contributed by atoms with Gasteiger partial charge in [0.15, 0.2) is 0 Å². The summed E-state index contributed by atoms with van der Waals surface area (Å²) in [5.74, 6) is 0.0661. The van der Waals surface area contributed by atoms with E-state index in [-0.39, 0.29) is 24.3 Å². The average Bonchev–Trinajstić information content (AvgIpc) is 3.55. The Morgan fingerprint density at radius 3 is 2.37 bits per heavy atom. The van der Waals surface area contributed by atoms with Crippen LogP contribution < -0.4 is 11.1 Å². The van der Waals surface area contributed by atoms with Crippen molar-refractivity contribution in [2.24, 2.45) is 5.41 Å². The summed E-state index contributed by atoms with van der Waals surface area (Å²) in [6.45, 7) is 5.20. The summed E-state index contributed by atoms with van der Waals surface area (Å²) in [7, 11) is 0. The molecule has 4 aromatic rings. The zero-order valence-corrected chi connectivity index (χ0v) is 23.5. The molecule has 216 valence electrons. The standard InChI is InChI=1S/C31H36FN5O4/c1-30(2,3)28(38)36-29-34-26(33)23-14-15-37(27(23)35-29)25-16-24(40-18-22-12-8-5-9-13-22)31(19-32,41-25)20-39-17-21-10-6-4-7-11-21/h4-15,24-25H,16-20H2,1-3H3,(H3,33,34,35,36,38)/t24-,25+,31+/m0/s1. The number of rotatable bonds is 10. The second-order valence-corrected chi connectivity index (χ2v) is 11.4. The number of nitrogens with two attached hydrogens (primary N) is 1. The number of fused-ring (bicyclic) bond motifs is 1. The fourth-order valence-electron chi connectivity index (χ4n) is 4.79. The number of carbonyl (C=O) groups excluding carboxylic acids is 1. The molecular formula is C31H36FN5O4. The van der Waals surface area contributed by atoms with Crippen molar-refractivity contribution in [1.82, 2.24) is 14.5 Å². The van der Waals surface area contributed by atoms with E-state index in [9.17, 15) is 9.18 Å². The van der Waals surface area contributed by atoms with E-state index in [1.54, 1.807) is 37.6 Å². The van der Waals surface area contributed by atoms with E-state index in [0.29, 0.717) is 30.7 Å². The van der Waals surface area contributed by atoms with Gasteiger partial charge in [0, 0.05) is 18.0 Å². The molecule has 9 nitrogen and oxygen atoms in total. The van der Waals surface area contributed by atoms with Gasteiger partial charge in [-0.2, -0.15) is 9.97 Å². The van der Waals surface area contributed by atoms with Crippen LogP contribution in [0.2, 0.25) is 0 Å². The molecule has 1 fully saturated rings. The second-order valence-electron chi connectivity index (χ2n) is 11.4. The van der Waals surface area contributed by atoms with Gasteiger partial charge in [0.1, 0.15) is 30.0 Å². The van der Waals surface area contributed by atoms with Crippen molar-refractivity contribution in [3.8, 4) is 0 Å². The molecule has 3 heterocycles. The molecule has 0 radical (unpaired) electrons. The third-order valence-corrected chi connectivity index (χ3v) is 7.17. The van der Waals surface area contributed by atoms with E-state index in [0.717, 1.165) is 11.1 Å². The zero-order valence-electron chi connectivity index (χ0n) is 23.5. The number of alkyl halides is 1. The molecule has 1 amide bonds. The van der Waals surface area contributed by atoms with Crippen LogP contribution in [0, 0.1) is 5.41 Å². The molecule has 1 aliphatic rings. The van der Waals surface area contributed by atoms with Crippen molar-refractivity contribution >= 4 is 28.7 Å². The molecule has 0 spiro atoms. The Kier molecular flexibility index (Phi) is 8.35. The fourth-order valence-corrected chi connectivity index (χ4v) is 4.79. The summed E-state index contributed by atoms with van der Waals surface area (Å²) >= 11 is 0. The molecule has 5 rings (SSSR count). The fraction of sp³-hybridized carbons (Fsp3) is 0.387. The van der Waals surface area contributed by atoms with Crippen LogP contribution in [0.4, 0.5) is 16.2 Å². The van der Waals surface area contributed by atoms with Gasteiger partial charge in [-0.3, -0.25) is 10.1 Å². The molecule has 0 saturated carbocycles. The van der Waals surface area contributed by atoms with Crippen LogP contribution >= 0.6 is 0 Å². The number of aromatic nitrogens is 3. The SMILES string of the molecule is CC(C)(C)C(=O)Nc1nc(N)c2ccn([C@H]3C[C@H](OCc4ccccc4)[C@@](CF)(COCc4ccccc4)O3)c2n1. The van der Waals surface area contributed by atoms with E-state index < -0.39 is 30.0 Å². The molecule has 41 heavy (non-hydrogen) atoms.